The highest BCUT2D eigenvalue weighted by atomic mass is 16.4. The lowest BCUT2D eigenvalue weighted by atomic mass is 9.81. The maximum absolute atomic E-state index is 12.1. The number of allylic oxidation sites excluding steroid dienone is 4. The Balaban J connectivity index is 4.08. The van der Waals surface area contributed by atoms with E-state index in [0.29, 0.717) is 5.92 Å². The second-order valence-electron chi connectivity index (χ2n) is 11.9. The summed E-state index contributed by atoms with van der Waals surface area (Å²) >= 11 is 0. The Morgan fingerprint density at radius 2 is 1.03 bits per heavy atom. The van der Waals surface area contributed by atoms with E-state index >= 15 is 0 Å². The number of rotatable bonds is 29. The standard InChI is InChI=1S/C35H67NO2/c1-5-7-9-11-13-14-15-16-17-18-19-20-21-22-24-26-28-30-33(29-27-25-23-12-10-8-6-2)34(35(37)38)31-32-36(3)4/h13-14,16-17,33-34H,5-12,15,18-32H2,1-4H3,(H,37,38). The van der Waals surface area contributed by atoms with Crippen LogP contribution in [0.1, 0.15) is 162 Å². The Bertz CT molecular complexity index is 554. The van der Waals surface area contributed by atoms with Crippen molar-refractivity contribution < 1.29 is 9.90 Å². The Kier molecular flexibility index (Phi) is 28.1. The summed E-state index contributed by atoms with van der Waals surface area (Å²) in [7, 11) is 4.10. The van der Waals surface area contributed by atoms with Crippen molar-refractivity contribution in [3.8, 4) is 0 Å². The third-order valence-corrected chi connectivity index (χ3v) is 7.98. The van der Waals surface area contributed by atoms with Gasteiger partial charge in [0.05, 0.1) is 5.92 Å². The van der Waals surface area contributed by atoms with Crippen LogP contribution >= 0.6 is 0 Å². The van der Waals surface area contributed by atoms with Gasteiger partial charge in [-0.05, 0) is 77.9 Å². The predicted molar refractivity (Wildman–Crippen MR) is 169 cm³/mol. The topological polar surface area (TPSA) is 40.5 Å². The van der Waals surface area contributed by atoms with E-state index in [1.165, 1.54) is 122 Å². The van der Waals surface area contributed by atoms with Crippen molar-refractivity contribution in [2.75, 3.05) is 20.6 Å². The van der Waals surface area contributed by atoms with Crippen molar-refractivity contribution in [1.82, 2.24) is 4.90 Å². The van der Waals surface area contributed by atoms with Gasteiger partial charge >= 0.3 is 5.97 Å². The van der Waals surface area contributed by atoms with E-state index in [0.717, 1.165) is 32.2 Å². The van der Waals surface area contributed by atoms with Crippen LogP contribution in [0.3, 0.4) is 0 Å². The molecular weight excluding hydrogens is 466 g/mol. The maximum atomic E-state index is 12.1. The van der Waals surface area contributed by atoms with Crippen molar-refractivity contribution >= 4 is 5.97 Å². The molecule has 0 saturated carbocycles. The van der Waals surface area contributed by atoms with Gasteiger partial charge in [-0.2, -0.15) is 0 Å². The first kappa shape index (κ1) is 36.9. The molecule has 2 unspecified atom stereocenters. The summed E-state index contributed by atoms with van der Waals surface area (Å²) in [5, 5.41) is 9.97. The SMILES string of the molecule is CCCCCC=CCC=CCCCCCCCCCC(CCCCCCCCC)C(CCN(C)C)C(=O)O. The summed E-state index contributed by atoms with van der Waals surface area (Å²) in [6.07, 6.45) is 38.0. The third-order valence-electron chi connectivity index (χ3n) is 7.98. The van der Waals surface area contributed by atoms with Gasteiger partial charge < -0.3 is 10.0 Å². The molecule has 0 bridgehead atoms. The maximum Gasteiger partial charge on any atom is 0.306 e. The smallest absolute Gasteiger partial charge is 0.306 e. The quantitative estimate of drug-likeness (QED) is 0.0767. The lowest BCUT2D eigenvalue weighted by molar-refractivity contribution is -0.144. The average Bonchev–Trinajstić information content (AvgIpc) is 2.89. The van der Waals surface area contributed by atoms with Crippen molar-refractivity contribution in [1.29, 1.82) is 0 Å². The van der Waals surface area contributed by atoms with E-state index in [1.807, 2.05) is 14.1 Å². The average molecular weight is 534 g/mol. The van der Waals surface area contributed by atoms with Gasteiger partial charge in [-0.3, -0.25) is 4.79 Å². The second kappa shape index (κ2) is 28.9. The van der Waals surface area contributed by atoms with Gasteiger partial charge in [-0.15, -0.1) is 0 Å². The Morgan fingerprint density at radius 1 is 0.605 bits per heavy atom. The number of carbonyl (C=O) groups is 1. The highest BCUT2D eigenvalue weighted by Gasteiger charge is 2.27. The normalized spacial score (nSPS) is 13.7. The molecule has 0 spiro atoms. The number of nitrogens with zero attached hydrogens (tertiary/aromatic N) is 1. The summed E-state index contributed by atoms with van der Waals surface area (Å²) < 4.78 is 0. The van der Waals surface area contributed by atoms with Gasteiger partial charge in [-0.25, -0.2) is 0 Å². The second-order valence-corrected chi connectivity index (χ2v) is 11.9. The number of unbranched alkanes of at least 4 members (excludes halogenated alkanes) is 16. The van der Waals surface area contributed by atoms with E-state index in [1.54, 1.807) is 0 Å². The minimum atomic E-state index is -0.572. The zero-order chi connectivity index (χ0) is 28.1. The molecule has 0 radical (unpaired) electrons. The molecule has 0 rings (SSSR count). The first-order valence-corrected chi connectivity index (χ1v) is 16.7. The first-order valence-electron chi connectivity index (χ1n) is 16.7. The number of carboxylic acid groups (broad SMARTS) is 1. The summed E-state index contributed by atoms with van der Waals surface area (Å²) in [6, 6.07) is 0. The highest BCUT2D eigenvalue weighted by Crippen LogP contribution is 2.29. The van der Waals surface area contributed by atoms with E-state index in [-0.39, 0.29) is 5.92 Å². The lowest BCUT2D eigenvalue weighted by Crippen LogP contribution is -2.28. The van der Waals surface area contributed by atoms with Gasteiger partial charge in [0.2, 0.25) is 0 Å². The minimum absolute atomic E-state index is 0.179. The molecule has 38 heavy (non-hydrogen) atoms. The number of carboxylic acids is 1. The molecular formula is C35H67NO2. The molecule has 0 heterocycles. The number of aliphatic carboxylic acids is 1. The van der Waals surface area contributed by atoms with Crippen molar-refractivity contribution in [2.45, 2.75) is 162 Å². The largest absolute Gasteiger partial charge is 0.481 e. The fourth-order valence-corrected chi connectivity index (χ4v) is 5.44. The molecule has 1 N–H and O–H groups in total. The van der Waals surface area contributed by atoms with Crippen molar-refractivity contribution in [2.24, 2.45) is 11.8 Å². The summed E-state index contributed by atoms with van der Waals surface area (Å²) in [5.41, 5.74) is 0. The van der Waals surface area contributed by atoms with E-state index in [4.69, 9.17) is 0 Å². The zero-order valence-electron chi connectivity index (χ0n) is 26.2. The van der Waals surface area contributed by atoms with Gasteiger partial charge in [0.25, 0.3) is 0 Å². The minimum Gasteiger partial charge on any atom is -0.481 e. The monoisotopic (exact) mass is 534 g/mol. The molecule has 0 amide bonds. The van der Waals surface area contributed by atoms with Gasteiger partial charge in [0.1, 0.15) is 0 Å². The summed E-state index contributed by atoms with van der Waals surface area (Å²) in [6.45, 7) is 5.39. The fourth-order valence-electron chi connectivity index (χ4n) is 5.44. The highest BCUT2D eigenvalue weighted by molar-refractivity contribution is 5.70. The molecule has 0 aromatic heterocycles. The Hall–Kier alpha value is -1.09. The molecule has 2 atom stereocenters. The van der Waals surface area contributed by atoms with Crippen LogP contribution in [-0.4, -0.2) is 36.6 Å². The number of hydrogen-bond donors (Lipinski definition) is 1. The zero-order valence-corrected chi connectivity index (χ0v) is 26.2. The molecule has 0 aromatic rings. The van der Waals surface area contributed by atoms with Crippen LogP contribution in [0, 0.1) is 11.8 Å². The third kappa shape index (κ3) is 25.2. The summed E-state index contributed by atoms with van der Waals surface area (Å²) in [5.74, 6) is -0.403. The molecule has 3 nitrogen and oxygen atoms in total. The molecule has 0 aliphatic rings. The molecule has 3 heteroatoms. The van der Waals surface area contributed by atoms with Gasteiger partial charge in [0, 0.05) is 0 Å². The van der Waals surface area contributed by atoms with Crippen molar-refractivity contribution in [3.05, 3.63) is 24.3 Å². The van der Waals surface area contributed by atoms with Crippen LogP contribution in [0.15, 0.2) is 24.3 Å². The van der Waals surface area contributed by atoms with Crippen LogP contribution in [0.5, 0.6) is 0 Å². The Morgan fingerprint density at radius 3 is 1.50 bits per heavy atom. The van der Waals surface area contributed by atoms with Crippen LogP contribution in [0.2, 0.25) is 0 Å². The first-order chi connectivity index (χ1) is 18.5. The van der Waals surface area contributed by atoms with Crippen LogP contribution in [0.25, 0.3) is 0 Å². The van der Waals surface area contributed by atoms with Gasteiger partial charge in [-0.1, -0.05) is 134 Å². The van der Waals surface area contributed by atoms with E-state index in [2.05, 4.69) is 43.1 Å². The van der Waals surface area contributed by atoms with Crippen LogP contribution < -0.4 is 0 Å². The van der Waals surface area contributed by atoms with Crippen LogP contribution in [0.4, 0.5) is 0 Å². The summed E-state index contributed by atoms with van der Waals surface area (Å²) in [4.78, 5) is 14.2. The molecule has 0 saturated heterocycles. The Labute approximate surface area is 238 Å². The van der Waals surface area contributed by atoms with Crippen molar-refractivity contribution in [3.63, 3.8) is 0 Å². The number of hydrogen-bond acceptors (Lipinski definition) is 2. The molecule has 0 aliphatic carbocycles. The molecule has 224 valence electrons. The predicted octanol–water partition coefficient (Wildman–Crippen LogP) is 11.0. The molecule has 0 aromatic carbocycles. The lowest BCUT2D eigenvalue weighted by Gasteiger charge is -2.25. The fraction of sp³-hybridized carbons (Fsp3) is 0.857. The van der Waals surface area contributed by atoms with Gasteiger partial charge in [0.15, 0.2) is 0 Å². The molecule has 0 fully saturated rings. The molecule has 0 aliphatic heterocycles. The van der Waals surface area contributed by atoms with E-state index in [9.17, 15) is 9.90 Å². The van der Waals surface area contributed by atoms with E-state index < -0.39 is 5.97 Å². The van der Waals surface area contributed by atoms with Crippen LogP contribution in [-0.2, 0) is 4.79 Å².